The molecule has 5 nitrogen and oxygen atoms in total. The second kappa shape index (κ2) is 6.50. The van der Waals surface area contributed by atoms with Gasteiger partial charge in [-0.05, 0) is 42.7 Å². The molecular formula is C17H15BrN2O3. The fourth-order valence-corrected chi connectivity index (χ4v) is 3.38. The van der Waals surface area contributed by atoms with Crippen molar-refractivity contribution in [2.24, 2.45) is 0 Å². The summed E-state index contributed by atoms with van der Waals surface area (Å²) in [5.74, 6) is -0.0811. The van der Waals surface area contributed by atoms with Crippen LogP contribution in [0.3, 0.4) is 0 Å². The Morgan fingerprint density at radius 2 is 1.96 bits per heavy atom. The van der Waals surface area contributed by atoms with Crippen LogP contribution in [0, 0.1) is 10.1 Å². The molecule has 1 aliphatic rings. The number of amides is 1. The topological polar surface area (TPSA) is 63.4 Å². The van der Waals surface area contributed by atoms with E-state index in [0.29, 0.717) is 12.1 Å². The molecule has 2 aromatic rings. The van der Waals surface area contributed by atoms with Gasteiger partial charge in [0.25, 0.3) is 11.6 Å². The number of rotatable bonds is 3. The summed E-state index contributed by atoms with van der Waals surface area (Å²) in [6.07, 6.45) is 1.88. The molecule has 0 spiro atoms. The first-order valence-electron chi connectivity index (χ1n) is 7.37. The van der Waals surface area contributed by atoms with Crippen molar-refractivity contribution in [3.05, 3.63) is 74.2 Å². The molecule has 0 radical (unpaired) electrons. The van der Waals surface area contributed by atoms with Gasteiger partial charge in [0.1, 0.15) is 0 Å². The third-order valence-corrected chi connectivity index (χ3v) is 4.57. The second-order valence-electron chi connectivity index (χ2n) is 5.52. The number of carbonyl (C=O) groups excluding carboxylic acids is 1. The first-order chi connectivity index (χ1) is 11.1. The molecule has 0 N–H and O–H groups in total. The summed E-state index contributed by atoms with van der Waals surface area (Å²) in [6.45, 7) is 0.701. The summed E-state index contributed by atoms with van der Waals surface area (Å²) in [4.78, 5) is 24.8. The number of hydrogen-bond donors (Lipinski definition) is 0. The number of nitrogens with zero attached hydrogens (tertiary/aromatic N) is 2. The molecule has 2 aromatic carbocycles. The Morgan fingerprint density at radius 3 is 2.61 bits per heavy atom. The highest BCUT2D eigenvalue weighted by molar-refractivity contribution is 9.10. The predicted molar refractivity (Wildman–Crippen MR) is 90.2 cm³/mol. The number of hydrogen-bond acceptors (Lipinski definition) is 3. The van der Waals surface area contributed by atoms with Crippen molar-refractivity contribution in [1.29, 1.82) is 0 Å². The van der Waals surface area contributed by atoms with E-state index < -0.39 is 4.92 Å². The zero-order valence-electron chi connectivity index (χ0n) is 12.3. The van der Waals surface area contributed by atoms with Crippen molar-refractivity contribution in [1.82, 2.24) is 4.90 Å². The van der Waals surface area contributed by atoms with Gasteiger partial charge < -0.3 is 4.90 Å². The average Bonchev–Trinajstić information content (AvgIpc) is 3.04. The number of nitro benzene ring substituents is 1. The number of benzene rings is 2. The third kappa shape index (κ3) is 3.27. The van der Waals surface area contributed by atoms with E-state index in [1.54, 1.807) is 0 Å². The van der Waals surface area contributed by atoms with Crippen LogP contribution in [0.5, 0.6) is 0 Å². The van der Waals surface area contributed by atoms with Gasteiger partial charge in [-0.1, -0.05) is 28.1 Å². The fourth-order valence-electron chi connectivity index (χ4n) is 2.96. The lowest BCUT2D eigenvalue weighted by Gasteiger charge is -2.25. The Hall–Kier alpha value is -2.21. The molecule has 6 heteroatoms. The fraction of sp³-hybridized carbons (Fsp3) is 0.235. The molecule has 1 atom stereocenters. The molecule has 1 fully saturated rings. The maximum atomic E-state index is 12.7. The van der Waals surface area contributed by atoms with Gasteiger partial charge in [0.15, 0.2) is 0 Å². The van der Waals surface area contributed by atoms with Crippen LogP contribution in [-0.2, 0) is 0 Å². The summed E-state index contributed by atoms with van der Waals surface area (Å²) >= 11 is 3.47. The van der Waals surface area contributed by atoms with Crippen LogP contribution in [-0.4, -0.2) is 22.3 Å². The van der Waals surface area contributed by atoms with E-state index in [2.05, 4.69) is 15.9 Å². The highest BCUT2D eigenvalue weighted by Crippen LogP contribution is 2.34. The average molecular weight is 375 g/mol. The zero-order chi connectivity index (χ0) is 16.4. The minimum Gasteiger partial charge on any atom is -0.332 e. The van der Waals surface area contributed by atoms with Crippen molar-refractivity contribution in [2.75, 3.05) is 6.54 Å². The van der Waals surface area contributed by atoms with Crippen LogP contribution in [0.4, 0.5) is 5.69 Å². The molecule has 1 saturated heterocycles. The Labute approximate surface area is 142 Å². The first kappa shape index (κ1) is 15.7. The van der Waals surface area contributed by atoms with E-state index in [1.807, 2.05) is 29.2 Å². The van der Waals surface area contributed by atoms with E-state index in [-0.39, 0.29) is 17.6 Å². The number of carbonyl (C=O) groups is 1. The highest BCUT2D eigenvalue weighted by atomic mass is 79.9. The van der Waals surface area contributed by atoms with Gasteiger partial charge in [0.05, 0.1) is 11.0 Å². The summed E-state index contributed by atoms with van der Waals surface area (Å²) in [5.41, 5.74) is 1.58. The maximum Gasteiger partial charge on any atom is 0.269 e. The maximum absolute atomic E-state index is 12.7. The van der Waals surface area contributed by atoms with Crippen molar-refractivity contribution in [3.63, 3.8) is 0 Å². The minimum absolute atomic E-state index is 0.00786. The van der Waals surface area contributed by atoms with Crippen molar-refractivity contribution in [3.8, 4) is 0 Å². The van der Waals surface area contributed by atoms with Gasteiger partial charge in [-0.3, -0.25) is 14.9 Å². The molecule has 3 rings (SSSR count). The standard InChI is InChI=1S/C17H15BrN2O3/c18-14-4-1-3-13(11-14)16-5-2-10-19(16)17(21)12-6-8-15(9-7-12)20(22)23/h1,3-4,6-9,11,16H,2,5,10H2. The summed E-state index contributed by atoms with van der Waals surface area (Å²) in [5, 5.41) is 10.7. The minimum atomic E-state index is -0.464. The first-order valence-corrected chi connectivity index (χ1v) is 8.16. The van der Waals surface area contributed by atoms with Crippen LogP contribution in [0.2, 0.25) is 0 Å². The molecule has 0 aliphatic carbocycles. The van der Waals surface area contributed by atoms with Gasteiger partial charge in [-0.25, -0.2) is 0 Å². The highest BCUT2D eigenvalue weighted by Gasteiger charge is 2.30. The normalized spacial score (nSPS) is 17.3. The van der Waals surface area contributed by atoms with Crippen molar-refractivity contribution >= 4 is 27.5 Å². The Bertz CT molecular complexity index is 746. The van der Waals surface area contributed by atoms with E-state index in [4.69, 9.17) is 0 Å². The smallest absolute Gasteiger partial charge is 0.269 e. The molecule has 0 aromatic heterocycles. The molecule has 0 bridgehead atoms. The SMILES string of the molecule is O=C(c1ccc([N+](=O)[O-])cc1)N1CCCC1c1cccc(Br)c1. The van der Waals surface area contributed by atoms with E-state index >= 15 is 0 Å². The van der Waals surface area contributed by atoms with Crippen LogP contribution < -0.4 is 0 Å². The van der Waals surface area contributed by atoms with Crippen LogP contribution in [0.25, 0.3) is 0 Å². The molecule has 0 saturated carbocycles. The molecule has 1 amide bonds. The third-order valence-electron chi connectivity index (χ3n) is 4.07. The molecule has 23 heavy (non-hydrogen) atoms. The Balaban J connectivity index is 1.84. The summed E-state index contributed by atoms with van der Waals surface area (Å²) < 4.78 is 0.990. The number of nitro groups is 1. The van der Waals surface area contributed by atoms with E-state index in [9.17, 15) is 14.9 Å². The van der Waals surface area contributed by atoms with E-state index in [1.165, 1.54) is 24.3 Å². The summed E-state index contributed by atoms with van der Waals surface area (Å²) in [6, 6.07) is 13.8. The number of halogens is 1. The molecule has 1 unspecified atom stereocenters. The lowest BCUT2D eigenvalue weighted by atomic mass is 10.0. The van der Waals surface area contributed by atoms with Gasteiger partial charge in [0, 0.05) is 28.7 Å². The Kier molecular flexibility index (Phi) is 4.43. The molecule has 1 aliphatic heterocycles. The van der Waals surface area contributed by atoms with Gasteiger partial charge in [-0.15, -0.1) is 0 Å². The molecule has 1 heterocycles. The lowest BCUT2D eigenvalue weighted by Crippen LogP contribution is -2.30. The number of likely N-dealkylation sites (tertiary alicyclic amines) is 1. The largest absolute Gasteiger partial charge is 0.332 e. The van der Waals surface area contributed by atoms with Gasteiger partial charge in [0.2, 0.25) is 0 Å². The lowest BCUT2D eigenvalue weighted by molar-refractivity contribution is -0.384. The van der Waals surface area contributed by atoms with Crippen molar-refractivity contribution in [2.45, 2.75) is 18.9 Å². The summed E-state index contributed by atoms with van der Waals surface area (Å²) in [7, 11) is 0. The Morgan fingerprint density at radius 1 is 1.22 bits per heavy atom. The quantitative estimate of drug-likeness (QED) is 0.592. The van der Waals surface area contributed by atoms with Gasteiger partial charge in [-0.2, -0.15) is 0 Å². The van der Waals surface area contributed by atoms with Crippen LogP contribution >= 0.6 is 15.9 Å². The number of non-ortho nitro benzene ring substituents is 1. The van der Waals surface area contributed by atoms with Crippen LogP contribution in [0.1, 0.15) is 34.8 Å². The molecule has 118 valence electrons. The molecular weight excluding hydrogens is 360 g/mol. The van der Waals surface area contributed by atoms with E-state index in [0.717, 1.165) is 22.9 Å². The monoisotopic (exact) mass is 374 g/mol. The second-order valence-corrected chi connectivity index (χ2v) is 6.43. The van der Waals surface area contributed by atoms with Crippen molar-refractivity contribution < 1.29 is 9.72 Å². The zero-order valence-corrected chi connectivity index (χ0v) is 13.9. The van der Waals surface area contributed by atoms with Gasteiger partial charge >= 0.3 is 0 Å². The van der Waals surface area contributed by atoms with Crippen LogP contribution in [0.15, 0.2) is 53.0 Å². The predicted octanol–water partition coefficient (Wildman–Crippen LogP) is 4.33.